The van der Waals surface area contributed by atoms with Crippen LogP contribution in [-0.2, 0) is 6.42 Å². The summed E-state index contributed by atoms with van der Waals surface area (Å²) in [6.07, 6.45) is 0.690. The van der Waals surface area contributed by atoms with E-state index in [1.807, 2.05) is 24.3 Å². The molecule has 0 fully saturated rings. The van der Waals surface area contributed by atoms with Gasteiger partial charge >= 0.3 is 0 Å². The molecule has 0 aliphatic heterocycles. The van der Waals surface area contributed by atoms with Crippen molar-refractivity contribution in [2.75, 3.05) is 6.54 Å². The molecule has 2 rings (SSSR count). The van der Waals surface area contributed by atoms with Crippen LogP contribution in [0.25, 0.3) is 16.2 Å². The number of benzene rings is 1. The molecule has 1 heterocycles. The zero-order chi connectivity index (χ0) is 11.4. The van der Waals surface area contributed by atoms with Gasteiger partial charge in [0.2, 0.25) is 6.54 Å². The molecule has 0 unspecified atom stereocenters. The lowest BCUT2D eigenvalue weighted by atomic mass is 10.1. The van der Waals surface area contributed by atoms with E-state index in [-0.39, 0.29) is 0 Å². The van der Waals surface area contributed by atoms with Crippen LogP contribution in [0.3, 0.4) is 0 Å². The van der Waals surface area contributed by atoms with Gasteiger partial charge in [-0.05, 0) is 19.1 Å². The number of rotatable bonds is 3. The molecule has 0 saturated heterocycles. The summed E-state index contributed by atoms with van der Waals surface area (Å²) in [7, 11) is 0. The van der Waals surface area contributed by atoms with Crippen LogP contribution in [0.15, 0.2) is 40.8 Å². The second-order valence-electron chi connectivity index (χ2n) is 3.76. The first-order valence-corrected chi connectivity index (χ1v) is 5.28. The Kier molecular flexibility index (Phi) is 3.07. The molecular weight excluding hydrogens is 198 g/mol. The first-order chi connectivity index (χ1) is 7.79. The maximum absolute atomic E-state index is 6.73. The molecule has 1 aromatic heterocycles. The molecule has 1 aromatic carbocycles. The SMILES string of the molecule is [C-]#[N+]CCc1ccc(-c2ccc(C)cc2)o1. The van der Waals surface area contributed by atoms with Crippen molar-refractivity contribution in [1.82, 2.24) is 0 Å². The zero-order valence-electron chi connectivity index (χ0n) is 9.23. The van der Waals surface area contributed by atoms with Crippen molar-refractivity contribution in [3.8, 4) is 11.3 Å². The van der Waals surface area contributed by atoms with Crippen molar-refractivity contribution in [2.45, 2.75) is 13.3 Å². The van der Waals surface area contributed by atoms with Gasteiger partial charge in [0.05, 0.1) is 6.42 Å². The molecule has 2 heteroatoms. The van der Waals surface area contributed by atoms with Gasteiger partial charge in [-0.15, -0.1) is 0 Å². The average molecular weight is 211 g/mol. The molecule has 0 bridgehead atoms. The lowest BCUT2D eigenvalue weighted by molar-refractivity contribution is 0.527. The average Bonchev–Trinajstić information content (AvgIpc) is 2.76. The lowest BCUT2D eigenvalue weighted by Crippen LogP contribution is -1.82. The molecular formula is C14H13NO. The van der Waals surface area contributed by atoms with Gasteiger partial charge in [0.15, 0.2) is 0 Å². The second-order valence-corrected chi connectivity index (χ2v) is 3.76. The van der Waals surface area contributed by atoms with Gasteiger partial charge in [-0.3, -0.25) is 0 Å². The van der Waals surface area contributed by atoms with Crippen LogP contribution in [0.1, 0.15) is 11.3 Å². The predicted octanol–water partition coefficient (Wildman–Crippen LogP) is 3.72. The van der Waals surface area contributed by atoms with Crippen LogP contribution in [0.4, 0.5) is 0 Å². The summed E-state index contributed by atoms with van der Waals surface area (Å²) in [4.78, 5) is 3.31. The molecule has 2 aromatic rings. The predicted molar refractivity (Wildman–Crippen MR) is 64.1 cm³/mol. The second kappa shape index (κ2) is 4.67. The third-order valence-corrected chi connectivity index (χ3v) is 2.47. The molecule has 0 saturated carbocycles. The fourth-order valence-corrected chi connectivity index (χ4v) is 1.55. The van der Waals surface area contributed by atoms with Gasteiger partial charge < -0.3 is 9.26 Å². The summed E-state index contributed by atoms with van der Waals surface area (Å²) in [6, 6.07) is 12.1. The minimum atomic E-state index is 0.487. The van der Waals surface area contributed by atoms with Crippen molar-refractivity contribution in [1.29, 1.82) is 0 Å². The van der Waals surface area contributed by atoms with Crippen LogP contribution < -0.4 is 0 Å². The molecule has 80 valence electrons. The summed E-state index contributed by atoms with van der Waals surface area (Å²) >= 11 is 0. The van der Waals surface area contributed by atoms with Crippen LogP contribution >= 0.6 is 0 Å². The van der Waals surface area contributed by atoms with E-state index in [4.69, 9.17) is 11.0 Å². The van der Waals surface area contributed by atoms with E-state index >= 15 is 0 Å². The summed E-state index contributed by atoms with van der Waals surface area (Å²) < 4.78 is 5.67. The standard InChI is InChI=1S/C14H13NO/c1-11-3-5-12(6-4-11)14-8-7-13(16-14)9-10-15-2/h3-8H,9-10H2,1H3. The number of hydrogen-bond acceptors (Lipinski definition) is 1. The van der Waals surface area contributed by atoms with Crippen molar-refractivity contribution >= 4 is 0 Å². The first-order valence-electron chi connectivity index (χ1n) is 5.28. The van der Waals surface area contributed by atoms with Crippen molar-refractivity contribution in [3.63, 3.8) is 0 Å². The molecule has 0 amide bonds. The van der Waals surface area contributed by atoms with E-state index in [9.17, 15) is 0 Å². The topological polar surface area (TPSA) is 17.5 Å². The Bertz CT molecular complexity index is 502. The highest BCUT2D eigenvalue weighted by atomic mass is 16.3. The van der Waals surface area contributed by atoms with Crippen LogP contribution in [0.2, 0.25) is 0 Å². The lowest BCUT2D eigenvalue weighted by Gasteiger charge is -1.97. The Morgan fingerprint density at radius 2 is 1.88 bits per heavy atom. The minimum Gasteiger partial charge on any atom is -0.461 e. The van der Waals surface area contributed by atoms with Gasteiger partial charge in [0.25, 0.3) is 0 Å². The Labute approximate surface area is 95.3 Å². The summed E-state index contributed by atoms with van der Waals surface area (Å²) in [5.74, 6) is 1.76. The molecule has 0 aliphatic rings. The highest BCUT2D eigenvalue weighted by molar-refractivity contribution is 5.57. The van der Waals surface area contributed by atoms with Gasteiger partial charge in [-0.2, -0.15) is 0 Å². The van der Waals surface area contributed by atoms with Gasteiger partial charge in [-0.25, -0.2) is 6.57 Å². The van der Waals surface area contributed by atoms with E-state index in [0.29, 0.717) is 13.0 Å². The molecule has 0 aliphatic carbocycles. The van der Waals surface area contributed by atoms with Crippen LogP contribution in [0, 0.1) is 13.5 Å². The zero-order valence-corrected chi connectivity index (χ0v) is 9.23. The molecule has 16 heavy (non-hydrogen) atoms. The van der Waals surface area contributed by atoms with Crippen LogP contribution in [-0.4, -0.2) is 6.54 Å². The van der Waals surface area contributed by atoms with E-state index in [1.54, 1.807) is 0 Å². The number of hydrogen-bond donors (Lipinski definition) is 0. The summed E-state index contributed by atoms with van der Waals surface area (Å²) in [5, 5.41) is 0. The monoisotopic (exact) mass is 211 g/mol. The largest absolute Gasteiger partial charge is 0.461 e. The number of aryl methyl sites for hydroxylation is 1. The summed E-state index contributed by atoms with van der Waals surface area (Å²) in [5.41, 5.74) is 2.32. The Balaban J connectivity index is 2.18. The quantitative estimate of drug-likeness (QED) is 0.707. The molecule has 0 spiro atoms. The number of furan rings is 1. The molecule has 2 nitrogen and oxygen atoms in total. The van der Waals surface area contributed by atoms with Gasteiger partial charge in [0.1, 0.15) is 11.5 Å². The number of nitrogens with zero attached hydrogens (tertiary/aromatic N) is 1. The van der Waals surface area contributed by atoms with Crippen molar-refractivity contribution in [3.05, 3.63) is 59.1 Å². The van der Waals surface area contributed by atoms with Gasteiger partial charge in [0, 0.05) is 5.56 Å². The third-order valence-electron chi connectivity index (χ3n) is 2.47. The highest BCUT2D eigenvalue weighted by Gasteiger charge is 2.05. The highest BCUT2D eigenvalue weighted by Crippen LogP contribution is 2.22. The smallest absolute Gasteiger partial charge is 0.221 e. The maximum Gasteiger partial charge on any atom is 0.221 e. The maximum atomic E-state index is 6.73. The molecule has 0 radical (unpaired) electrons. The van der Waals surface area contributed by atoms with Crippen molar-refractivity contribution < 1.29 is 4.42 Å². The fraction of sp³-hybridized carbons (Fsp3) is 0.214. The Morgan fingerprint density at radius 3 is 2.56 bits per heavy atom. The Morgan fingerprint density at radius 1 is 1.12 bits per heavy atom. The van der Waals surface area contributed by atoms with E-state index in [2.05, 4.69) is 23.9 Å². The van der Waals surface area contributed by atoms with E-state index in [1.165, 1.54) is 5.56 Å². The Hall–Kier alpha value is -2.01. The third kappa shape index (κ3) is 2.32. The summed E-state index contributed by atoms with van der Waals surface area (Å²) in [6.45, 7) is 9.28. The minimum absolute atomic E-state index is 0.487. The van der Waals surface area contributed by atoms with E-state index in [0.717, 1.165) is 17.1 Å². The van der Waals surface area contributed by atoms with Crippen LogP contribution in [0.5, 0.6) is 0 Å². The molecule has 0 atom stereocenters. The normalized spacial score (nSPS) is 10.0. The van der Waals surface area contributed by atoms with E-state index < -0.39 is 0 Å². The molecule has 0 N–H and O–H groups in total. The van der Waals surface area contributed by atoms with Crippen molar-refractivity contribution in [2.24, 2.45) is 0 Å². The fourth-order valence-electron chi connectivity index (χ4n) is 1.55. The first kappa shape index (κ1) is 10.5. The van der Waals surface area contributed by atoms with Gasteiger partial charge in [-0.1, -0.05) is 29.8 Å².